The van der Waals surface area contributed by atoms with E-state index in [1.54, 1.807) is 0 Å². The zero-order valence-corrected chi connectivity index (χ0v) is 8.85. The highest BCUT2D eigenvalue weighted by Crippen LogP contribution is 2.39. The molecule has 0 atom stereocenters. The summed E-state index contributed by atoms with van der Waals surface area (Å²) in [5.74, 6) is 0.349. The van der Waals surface area contributed by atoms with Crippen LogP contribution in [0.5, 0.6) is 0 Å². The normalized spacial score (nSPS) is 17.9. The molecule has 0 heterocycles. The Balaban J connectivity index is 2.29. The summed E-state index contributed by atoms with van der Waals surface area (Å²) in [4.78, 5) is 0. The molecule has 0 amide bonds. The fraction of sp³-hybridized carbons (Fsp3) is 0.500. The largest absolute Gasteiger partial charge is 0.416 e. The van der Waals surface area contributed by atoms with Crippen LogP contribution < -0.4 is 5.73 Å². The van der Waals surface area contributed by atoms with Crippen LogP contribution in [-0.2, 0) is 6.18 Å². The first-order chi connectivity index (χ1) is 7.48. The second-order valence-corrected chi connectivity index (χ2v) is 4.32. The predicted molar refractivity (Wildman–Crippen MR) is 57.1 cm³/mol. The van der Waals surface area contributed by atoms with Crippen molar-refractivity contribution < 1.29 is 13.2 Å². The second-order valence-electron chi connectivity index (χ2n) is 4.32. The van der Waals surface area contributed by atoms with Crippen LogP contribution in [0.15, 0.2) is 18.2 Å². The minimum atomic E-state index is -4.30. The number of hydrogen-bond acceptors (Lipinski definition) is 1. The van der Waals surface area contributed by atoms with E-state index >= 15 is 0 Å². The molecule has 1 aliphatic rings. The molecule has 0 saturated heterocycles. The highest BCUT2D eigenvalue weighted by Gasteiger charge is 2.31. The van der Waals surface area contributed by atoms with Gasteiger partial charge in [-0.2, -0.15) is 13.2 Å². The molecule has 1 fully saturated rings. The van der Waals surface area contributed by atoms with Crippen LogP contribution in [0.4, 0.5) is 18.9 Å². The number of benzene rings is 1. The van der Waals surface area contributed by atoms with Gasteiger partial charge in [-0.25, -0.2) is 0 Å². The van der Waals surface area contributed by atoms with Gasteiger partial charge in [-0.05, 0) is 36.5 Å². The molecule has 1 aromatic carbocycles. The molecule has 2 N–H and O–H groups in total. The van der Waals surface area contributed by atoms with Crippen LogP contribution in [0.1, 0.15) is 42.7 Å². The van der Waals surface area contributed by atoms with Gasteiger partial charge in [0.1, 0.15) is 0 Å². The monoisotopic (exact) mass is 229 g/mol. The second kappa shape index (κ2) is 4.00. The lowest BCUT2D eigenvalue weighted by molar-refractivity contribution is -0.137. The highest BCUT2D eigenvalue weighted by molar-refractivity contribution is 5.51. The van der Waals surface area contributed by atoms with Crippen LogP contribution >= 0.6 is 0 Å². The first kappa shape index (κ1) is 11.3. The third kappa shape index (κ3) is 2.15. The average molecular weight is 229 g/mol. The lowest BCUT2D eigenvalue weighted by atomic mass is 9.95. The van der Waals surface area contributed by atoms with Crippen LogP contribution in [0.3, 0.4) is 0 Å². The van der Waals surface area contributed by atoms with Gasteiger partial charge in [0.05, 0.1) is 5.56 Å². The van der Waals surface area contributed by atoms with Gasteiger partial charge in [0.15, 0.2) is 0 Å². The lowest BCUT2D eigenvalue weighted by Gasteiger charge is -2.15. The summed E-state index contributed by atoms with van der Waals surface area (Å²) in [5.41, 5.74) is 6.20. The fourth-order valence-electron chi connectivity index (χ4n) is 2.36. The third-order valence-corrected chi connectivity index (χ3v) is 3.21. The molecule has 2 rings (SSSR count). The average Bonchev–Trinajstić information content (AvgIpc) is 2.69. The maximum atomic E-state index is 12.4. The van der Waals surface area contributed by atoms with E-state index in [1.165, 1.54) is 6.07 Å². The molecular formula is C12H14F3N. The third-order valence-electron chi connectivity index (χ3n) is 3.21. The van der Waals surface area contributed by atoms with E-state index < -0.39 is 11.7 Å². The standard InChI is InChI=1S/C12H14F3N/c13-12(14,15)9-5-6-10(11(16)7-9)8-3-1-2-4-8/h5-8H,1-4,16H2. The zero-order chi connectivity index (χ0) is 11.8. The fourth-order valence-corrected chi connectivity index (χ4v) is 2.36. The molecule has 1 nitrogen and oxygen atoms in total. The Morgan fingerprint density at radius 3 is 2.25 bits per heavy atom. The lowest BCUT2D eigenvalue weighted by Crippen LogP contribution is -2.07. The maximum absolute atomic E-state index is 12.4. The predicted octanol–water partition coefficient (Wildman–Crippen LogP) is 3.95. The minimum absolute atomic E-state index is 0.279. The Bertz CT molecular complexity index is 378. The summed E-state index contributed by atoms with van der Waals surface area (Å²) in [6.07, 6.45) is 0.0592. The Hall–Kier alpha value is -1.19. The van der Waals surface area contributed by atoms with Gasteiger partial charge in [-0.3, -0.25) is 0 Å². The summed E-state index contributed by atoms with van der Waals surface area (Å²) in [7, 11) is 0. The van der Waals surface area contributed by atoms with Crippen molar-refractivity contribution in [3.05, 3.63) is 29.3 Å². The van der Waals surface area contributed by atoms with Crippen LogP contribution in [-0.4, -0.2) is 0 Å². The quantitative estimate of drug-likeness (QED) is 0.725. The van der Waals surface area contributed by atoms with E-state index in [2.05, 4.69) is 0 Å². The van der Waals surface area contributed by atoms with E-state index in [9.17, 15) is 13.2 Å². The zero-order valence-electron chi connectivity index (χ0n) is 8.85. The molecule has 0 unspecified atom stereocenters. The van der Waals surface area contributed by atoms with E-state index in [0.717, 1.165) is 43.4 Å². The molecule has 0 aromatic heterocycles. The highest BCUT2D eigenvalue weighted by atomic mass is 19.4. The van der Waals surface area contributed by atoms with Gasteiger partial charge >= 0.3 is 6.18 Å². The number of nitrogen functional groups attached to an aromatic ring is 1. The smallest absolute Gasteiger partial charge is 0.398 e. The molecule has 1 aliphatic carbocycles. The molecule has 0 aliphatic heterocycles. The van der Waals surface area contributed by atoms with Crippen LogP contribution in [0.25, 0.3) is 0 Å². The SMILES string of the molecule is Nc1cc(C(F)(F)F)ccc1C1CCCC1. The Morgan fingerprint density at radius 2 is 1.75 bits per heavy atom. The Morgan fingerprint density at radius 1 is 1.12 bits per heavy atom. The molecule has 1 saturated carbocycles. The van der Waals surface area contributed by atoms with E-state index in [1.807, 2.05) is 0 Å². The first-order valence-electron chi connectivity index (χ1n) is 5.45. The number of anilines is 1. The number of halogens is 3. The van der Waals surface area contributed by atoms with Crippen molar-refractivity contribution in [2.75, 3.05) is 5.73 Å². The van der Waals surface area contributed by atoms with E-state index in [4.69, 9.17) is 5.73 Å². The number of hydrogen-bond donors (Lipinski definition) is 1. The number of nitrogens with two attached hydrogens (primary N) is 1. The van der Waals surface area contributed by atoms with Crippen molar-refractivity contribution in [1.82, 2.24) is 0 Å². The van der Waals surface area contributed by atoms with Crippen molar-refractivity contribution in [3.8, 4) is 0 Å². The van der Waals surface area contributed by atoms with Crippen molar-refractivity contribution >= 4 is 5.69 Å². The molecule has 0 spiro atoms. The summed E-state index contributed by atoms with van der Waals surface area (Å²) in [5, 5.41) is 0. The van der Waals surface area contributed by atoms with Gasteiger partial charge in [-0.15, -0.1) is 0 Å². The molecule has 1 aromatic rings. The topological polar surface area (TPSA) is 26.0 Å². The van der Waals surface area contributed by atoms with Crippen LogP contribution in [0.2, 0.25) is 0 Å². The van der Waals surface area contributed by atoms with Crippen LogP contribution in [0, 0.1) is 0 Å². The van der Waals surface area contributed by atoms with E-state index in [0.29, 0.717) is 5.92 Å². The summed E-state index contributed by atoms with van der Waals surface area (Å²) < 4.78 is 37.3. The molecule has 16 heavy (non-hydrogen) atoms. The first-order valence-corrected chi connectivity index (χ1v) is 5.45. The molecule has 0 radical (unpaired) electrons. The van der Waals surface area contributed by atoms with Gasteiger partial charge < -0.3 is 5.73 Å². The number of alkyl halides is 3. The molecular weight excluding hydrogens is 215 g/mol. The maximum Gasteiger partial charge on any atom is 0.416 e. The molecule has 4 heteroatoms. The van der Waals surface area contributed by atoms with Gasteiger partial charge in [0.25, 0.3) is 0 Å². The van der Waals surface area contributed by atoms with Gasteiger partial charge in [0, 0.05) is 5.69 Å². The summed E-state index contributed by atoms with van der Waals surface area (Å²) >= 11 is 0. The molecule has 0 bridgehead atoms. The van der Waals surface area contributed by atoms with Crippen molar-refractivity contribution in [2.24, 2.45) is 0 Å². The summed E-state index contributed by atoms with van der Waals surface area (Å²) in [6, 6.07) is 3.71. The van der Waals surface area contributed by atoms with Crippen molar-refractivity contribution in [3.63, 3.8) is 0 Å². The minimum Gasteiger partial charge on any atom is -0.398 e. The summed E-state index contributed by atoms with van der Waals surface area (Å²) in [6.45, 7) is 0. The van der Waals surface area contributed by atoms with E-state index in [-0.39, 0.29) is 5.69 Å². The van der Waals surface area contributed by atoms with Crippen molar-refractivity contribution in [2.45, 2.75) is 37.8 Å². The Labute approximate surface area is 92.5 Å². The van der Waals surface area contributed by atoms with Crippen molar-refractivity contribution in [1.29, 1.82) is 0 Å². The molecule has 88 valence electrons. The number of rotatable bonds is 1. The van der Waals surface area contributed by atoms with Gasteiger partial charge in [-0.1, -0.05) is 18.9 Å². The van der Waals surface area contributed by atoms with Gasteiger partial charge in [0.2, 0.25) is 0 Å². The Kier molecular flexibility index (Phi) is 2.82.